The molecule has 0 radical (unpaired) electrons. The van der Waals surface area contributed by atoms with Gasteiger partial charge in [-0.05, 0) is 65.7 Å². The van der Waals surface area contributed by atoms with E-state index in [0.29, 0.717) is 0 Å². The van der Waals surface area contributed by atoms with Gasteiger partial charge in [-0.25, -0.2) is 4.79 Å². The third-order valence-electron chi connectivity index (χ3n) is 4.06. The van der Waals surface area contributed by atoms with Crippen LogP contribution in [0.3, 0.4) is 0 Å². The highest BCUT2D eigenvalue weighted by atomic mass is 16.6. The van der Waals surface area contributed by atoms with Crippen molar-refractivity contribution < 1.29 is 14.3 Å². The normalized spacial score (nSPS) is 25.3. The summed E-state index contributed by atoms with van der Waals surface area (Å²) in [6.45, 7) is 5.56. The minimum Gasteiger partial charge on any atom is -0.444 e. The number of rotatable bonds is 3. The van der Waals surface area contributed by atoms with Crippen LogP contribution in [0, 0.1) is 0 Å². The van der Waals surface area contributed by atoms with E-state index in [1.54, 1.807) is 0 Å². The molecule has 2 rings (SSSR count). The molecule has 0 aromatic carbocycles. The van der Waals surface area contributed by atoms with Crippen molar-refractivity contribution >= 4 is 12.0 Å². The highest BCUT2D eigenvalue weighted by Crippen LogP contribution is 2.22. The Hall–Kier alpha value is -1.52. The Morgan fingerprint density at radius 2 is 1.82 bits per heavy atom. The van der Waals surface area contributed by atoms with E-state index in [1.807, 2.05) is 26.8 Å². The van der Waals surface area contributed by atoms with Crippen LogP contribution in [0.1, 0.15) is 65.7 Å². The second-order valence-corrected chi connectivity index (χ2v) is 7.30. The molecule has 2 aliphatic carbocycles. The van der Waals surface area contributed by atoms with Crippen molar-refractivity contribution in [2.75, 3.05) is 0 Å². The van der Waals surface area contributed by atoms with Crippen molar-refractivity contribution in [1.82, 2.24) is 10.6 Å². The molecule has 0 aromatic rings. The van der Waals surface area contributed by atoms with Crippen LogP contribution in [0.5, 0.6) is 0 Å². The zero-order valence-electron chi connectivity index (χ0n) is 13.9. The number of allylic oxidation sites excluding steroid dienone is 1. The molecule has 0 saturated heterocycles. The maximum Gasteiger partial charge on any atom is 0.407 e. The van der Waals surface area contributed by atoms with Crippen molar-refractivity contribution in [2.24, 2.45) is 0 Å². The van der Waals surface area contributed by atoms with Crippen LogP contribution in [-0.4, -0.2) is 29.7 Å². The van der Waals surface area contributed by atoms with Crippen LogP contribution < -0.4 is 10.6 Å². The van der Waals surface area contributed by atoms with Crippen molar-refractivity contribution in [3.63, 3.8) is 0 Å². The first-order valence-electron chi connectivity index (χ1n) is 8.33. The molecule has 1 saturated carbocycles. The molecule has 0 spiro atoms. The van der Waals surface area contributed by atoms with Gasteiger partial charge in [0, 0.05) is 17.7 Å². The van der Waals surface area contributed by atoms with Gasteiger partial charge in [-0.2, -0.15) is 0 Å². The topological polar surface area (TPSA) is 67.4 Å². The predicted molar refractivity (Wildman–Crippen MR) is 85.5 cm³/mol. The van der Waals surface area contributed by atoms with Gasteiger partial charge in [0.1, 0.15) is 5.60 Å². The van der Waals surface area contributed by atoms with E-state index in [1.165, 1.54) is 0 Å². The maximum atomic E-state index is 12.1. The van der Waals surface area contributed by atoms with Crippen molar-refractivity contribution in [3.05, 3.63) is 11.6 Å². The minimum absolute atomic E-state index is 0.0698. The molecule has 5 heteroatoms. The van der Waals surface area contributed by atoms with E-state index in [0.717, 1.165) is 50.5 Å². The largest absolute Gasteiger partial charge is 0.444 e. The average Bonchev–Trinajstić information content (AvgIpc) is 2.90. The minimum atomic E-state index is -0.485. The van der Waals surface area contributed by atoms with Crippen LogP contribution in [0.15, 0.2) is 11.6 Å². The standard InChI is InChI=1S/C17H28N2O3/c1-17(2,3)22-16(21)19-14-10-6-9-13(11-14)18-15(20)12-7-4-5-8-12/h7,13-14H,4-6,8-11H2,1-3H3,(H,18,20)(H,19,21). The zero-order chi connectivity index (χ0) is 16.2. The second-order valence-electron chi connectivity index (χ2n) is 7.30. The Morgan fingerprint density at radius 3 is 2.41 bits per heavy atom. The SMILES string of the molecule is CC(C)(C)OC(=O)NC1CCCC(NC(=O)C2=CCCC2)C1. The highest BCUT2D eigenvalue weighted by molar-refractivity contribution is 5.93. The Kier molecular flexibility index (Phi) is 5.48. The summed E-state index contributed by atoms with van der Waals surface area (Å²) < 4.78 is 5.29. The van der Waals surface area contributed by atoms with Gasteiger partial charge in [0.2, 0.25) is 5.91 Å². The summed E-state index contributed by atoms with van der Waals surface area (Å²) in [4.78, 5) is 24.0. The molecule has 2 atom stereocenters. The molecule has 0 aromatic heterocycles. The summed E-state index contributed by atoms with van der Waals surface area (Å²) in [5, 5.41) is 6.03. The fourth-order valence-electron chi connectivity index (χ4n) is 3.08. The molecule has 2 N–H and O–H groups in total. The van der Waals surface area contributed by atoms with Gasteiger partial charge in [0.05, 0.1) is 0 Å². The summed E-state index contributed by atoms with van der Waals surface area (Å²) in [6, 6.07) is 0.217. The Bertz CT molecular complexity index is 451. The third-order valence-corrected chi connectivity index (χ3v) is 4.06. The average molecular weight is 308 g/mol. The summed E-state index contributed by atoms with van der Waals surface area (Å²) in [6.07, 6.45) is 8.34. The molecule has 22 heavy (non-hydrogen) atoms. The van der Waals surface area contributed by atoms with Crippen molar-refractivity contribution in [3.8, 4) is 0 Å². The molecular weight excluding hydrogens is 280 g/mol. The zero-order valence-corrected chi connectivity index (χ0v) is 13.9. The van der Waals surface area contributed by atoms with E-state index in [2.05, 4.69) is 10.6 Å². The molecule has 0 heterocycles. The quantitative estimate of drug-likeness (QED) is 0.842. The first-order chi connectivity index (χ1) is 10.3. The third kappa shape index (κ3) is 5.35. The number of alkyl carbamates (subject to hydrolysis) is 1. The lowest BCUT2D eigenvalue weighted by atomic mass is 9.91. The van der Waals surface area contributed by atoms with Crippen molar-refractivity contribution in [1.29, 1.82) is 0 Å². The van der Waals surface area contributed by atoms with E-state index in [9.17, 15) is 9.59 Å². The fourth-order valence-corrected chi connectivity index (χ4v) is 3.08. The van der Waals surface area contributed by atoms with Gasteiger partial charge in [0.15, 0.2) is 0 Å². The van der Waals surface area contributed by atoms with Crippen LogP contribution >= 0.6 is 0 Å². The smallest absolute Gasteiger partial charge is 0.407 e. The van der Waals surface area contributed by atoms with Crippen LogP contribution in [-0.2, 0) is 9.53 Å². The van der Waals surface area contributed by atoms with Gasteiger partial charge < -0.3 is 15.4 Å². The molecule has 2 amide bonds. The second kappa shape index (κ2) is 7.16. The van der Waals surface area contributed by atoms with Gasteiger partial charge in [-0.15, -0.1) is 0 Å². The fraction of sp³-hybridized carbons (Fsp3) is 0.765. The first kappa shape index (κ1) is 16.8. The van der Waals surface area contributed by atoms with Gasteiger partial charge in [-0.3, -0.25) is 4.79 Å². The number of amides is 2. The van der Waals surface area contributed by atoms with Crippen molar-refractivity contribution in [2.45, 2.75) is 83.4 Å². The van der Waals surface area contributed by atoms with E-state index in [-0.39, 0.29) is 24.1 Å². The predicted octanol–water partition coefficient (Wildman–Crippen LogP) is 3.05. The lowest BCUT2D eigenvalue weighted by Gasteiger charge is -2.31. The van der Waals surface area contributed by atoms with Crippen LogP contribution in [0.2, 0.25) is 0 Å². The number of carbonyl (C=O) groups is 2. The molecule has 124 valence electrons. The van der Waals surface area contributed by atoms with Crippen LogP contribution in [0.4, 0.5) is 4.79 Å². The monoisotopic (exact) mass is 308 g/mol. The lowest BCUT2D eigenvalue weighted by Crippen LogP contribution is -2.47. The summed E-state index contributed by atoms with van der Waals surface area (Å²) in [7, 11) is 0. The molecule has 2 unspecified atom stereocenters. The lowest BCUT2D eigenvalue weighted by molar-refractivity contribution is -0.118. The number of nitrogens with one attached hydrogen (secondary N) is 2. The summed E-state index contributed by atoms with van der Waals surface area (Å²) in [5.74, 6) is 0.0698. The molecule has 2 aliphatic rings. The van der Waals surface area contributed by atoms with Gasteiger partial charge >= 0.3 is 6.09 Å². The van der Waals surface area contributed by atoms with E-state index >= 15 is 0 Å². The van der Waals surface area contributed by atoms with Gasteiger partial charge in [-0.1, -0.05) is 6.08 Å². The van der Waals surface area contributed by atoms with E-state index < -0.39 is 5.60 Å². The molecule has 0 aliphatic heterocycles. The number of hydrogen-bond acceptors (Lipinski definition) is 3. The Labute approximate surface area is 132 Å². The Morgan fingerprint density at radius 1 is 1.14 bits per heavy atom. The summed E-state index contributed by atoms with van der Waals surface area (Å²) in [5.41, 5.74) is 0.434. The van der Waals surface area contributed by atoms with Gasteiger partial charge in [0.25, 0.3) is 0 Å². The summed E-state index contributed by atoms with van der Waals surface area (Å²) >= 11 is 0. The Balaban J connectivity index is 1.79. The number of hydrogen-bond donors (Lipinski definition) is 2. The molecular formula is C17H28N2O3. The number of carbonyl (C=O) groups excluding carboxylic acids is 2. The van der Waals surface area contributed by atoms with Crippen LogP contribution in [0.25, 0.3) is 0 Å². The first-order valence-corrected chi connectivity index (χ1v) is 8.33. The molecule has 0 bridgehead atoms. The number of ether oxygens (including phenoxy) is 1. The highest BCUT2D eigenvalue weighted by Gasteiger charge is 2.27. The maximum absolute atomic E-state index is 12.1. The van der Waals surface area contributed by atoms with E-state index in [4.69, 9.17) is 4.74 Å². The molecule has 1 fully saturated rings. The molecule has 5 nitrogen and oxygen atoms in total.